The summed E-state index contributed by atoms with van der Waals surface area (Å²) >= 11 is 3.43. The van der Waals surface area contributed by atoms with Gasteiger partial charge in [0.1, 0.15) is 0 Å². The van der Waals surface area contributed by atoms with Crippen molar-refractivity contribution >= 4 is 44.5 Å². The molecule has 0 unspecified atom stereocenters. The third-order valence-corrected chi connectivity index (χ3v) is 4.91. The monoisotopic (exact) mass is 441 g/mol. The number of carbonyl (C=O) groups is 1. The third-order valence-electron chi connectivity index (χ3n) is 4.41. The van der Waals surface area contributed by atoms with Gasteiger partial charge in [-0.3, -0.25) is 9.59 Å². The maximum Gasteiger partial charge on any atom is 0.307 e. The van der Waals surface area contributed by atoms with E-state index in [2.05, 4.69) is 26.1 Å². The molecule has 0 aliphatic carbocycles. The molecule has 0 aliphatic heterocycles. The van der Waals surface area contributed by atoms with Crippen molar-refractivity contribution < 1.29 is 9.90 Å². The maximum atomic E-state index is 13.3. The zero-order valence-corrected chi connectivity index (χ0v) is 16.7. The molecule has 2 aromatic carbocycles. The second-order valence-corrected chi connectivity index (χ2v) is 7.48. The molecule has 2 aromatic heterocycles. The number of halogens is 1. The van der Waals surface area contributed by atoms with Crippen LogP contribution >= 0.6 is 15.9 Å². The molecular formula is C19H16BrN5O3. The third kappa shape index (κ3) is 2.93. The molecule has 0 saturated carbocycles. The maximum absolute atomic E-state index is 13.3. The first-order chi connectivity index (χ1) is 13.4. The van der Waals surface area contributed by atoms with Crippen LogP contribution in [0.3, 0.4) is 0 Å². The molecule has 9 heteroatoms. The lowest BCUT2D eigenvalue weighted by atomic mass is 10.1. The van der Waals surface area contributed by atoms with Crippen LogP contribution in [-0.2, 0) is 11.2 Å². The molecule has 8 nitrogen and oxygen atoms in total. The summed E-state index contributed by atoms with van der Waals surface area (Å²) in [5, 5.41) is 18.0. The van der Waals surface area contributed by atoms with Gasteiger partial charge in [-0.1, -0.05) is 28.1 Å². The summed E-state index contributed by atoms with van der Waals surface area (Å²) in [7, 11) is 3.72. The molecule has 0 aliphatic rings. The van der Waals surface area contributed by atoms with Crippen molar-refractivity contribution in [2.75, 3.05) is 19.0 Å². The fraction of sp³-hybridized carbons (Fsp3) is 0.158. The van der Waals surface area contributed by atoms with Crippen molar-refractivity contribution in [1.29, 1.82) is 0 Å². The van der Waals surface area contributed by atoms with E-state index in [9.17, 15) is 9.59 Å². The Bertz CT molecular complexity index is 1270. The minimum Gasteiger partial charge on any atom is -0.481 e. The Hall–Kier alpha value is -3.20. The average Bonchev–Trinajstić information content (AvgIpc) is 3.08. The van der Waals surface area contributed by atoms with Gasteiger partial charge in [-0.15, -0.1) is 10.2 Å². The molecule has 0 spiro atoms. The van der Waals surface area contributed by atoms with Crippen molar-refractivity contribution in [3.05, 3.63) is 62.9 Å². The Labute approximate surface area is 167 Å². The predicted molar refractivity (Wildman–Crippen MR) is 109 cm³/mol. The van der Waals surface area contributed by atoms with Crippen LogP contribution in [0.1, 0.15) is 5.56 Å². The first-order valence-electron chi connectivity index (χ1n) is 8.44. The number of benzene rings is 2. The molecule has 2 heterocycles. The second kappa shape index (κ2) is 6.75. The number of rotatable bonds is 4. The number of anilines is 1. The average molecular weight is 442 g/mol. The van der Waals surface area contributed by atoms with Crippen LogP contribution in [0.25, 0.3) is 22.4 Å². The summed E-state index contributed by atoms with van der Waals surface area (Å²) in [5.74, 6) is 0.0732. The molecular weight excluding hydrogens is 426 g/mol. The fourth-order valence-corrected chi connectivity index (χ4v) is 3.54. The molecule has 4 aromatic rings. The van der Waals surface area contributed by atoms with Gasteiger partial charge in [0.2, 0.25) is 11.7 Å². The zero-order chi connectivity index (χ0) is 20.0. The highest BCUT2D eigenvalue weighted by atomic mass is 79.9. The molecule has 0 fully saturated rings. The predicted octanol–water partition coefficient (Wildman–Crippen LogP) is 2.49. The number of hydrogen-bond donors (Lipinski definition) is 1. The van der Waals surface area contributed by atoms with Gasteiger partial charge in [-0.25, -0.2) is 8.97 Å². The van der Waals surface area contributed by atoms with Crippen LogP contribution in [0.5, 0.6) is 0 Å². The highest BCUT2D eigenvalue weighted by Gasteiger charge is 2.19. The van der Waals surface area contributed by atoms with E-state index in [1.54, 1.807) is 30.3 Å². The molecule has 28 heavy (non-hydrogen) atoms. The Kier molecular flexibility index (Phi) is 4.38. The van der Waals surface area contributed by atoms with Crippen molar-refractivity contribution in [3.8, 4) is 5.69 Å². The van der Waals surface area contributed by atoms with Crippen molar-refractivity contribution in [1.82, 2.24) is 19.2 Å². The minimum absolute atomic E-state index is 0.0784. The van der Waals surface area contributed by atoms with E-state index in [1.165, 1.54) is 4.57 Å². The van der Waals surface area contributed by atoms with Gasteiger partial charge in [0.25, 0.3) is 5.56 Å². The van der Waals surface area contributed by atoms with E-state index < -0.39 is 5.97 Å². The van der Waals surface area contributed by atoms with E-state index in [-0.39, 0.29) is 12.0 Å². The van der Waals surface area contributed by atoms with Gasteiger partial charge < -0.3 is 10.0 Å². The Morgan fingerprint density at radius 2 is 1.86 bits per heavy atom. The molecule has 0 amide bonds. The lowest BCUT2D eigenvalue weighted by Gasteiger charge is -2.14. The van der Waals surface area contributed by atoms with E-state index in [0.29, 0.717) is 33.9 Å². The van der Waals surface area contributed by atoms with E-state index in [0.717, 1.165) is 4.47 Å². The van der Waals surface area contributed by atoms with Gasteiger partial charge in [0, 0.05) is 18.6 Å². The normalized spacial score (nSPS) is 11.2. The van der Waals surface area contributed by atoms with E-state index in [1.807, 2.05) is 35.5 Å². The van der Waals surface area contributed by atoms with Crippen LogP contribution in [0, 0.1) is 0 Å². The fourth-order valence-electron chi connectivity index (χ4n) is 3.17. The second-order valence-electron chi connectivity index (χ2n) is 6.57. The molecule has 1 N–H and O–H groups in total. The van der Waals surface area contributed by atoms with Crippen molar-refractivity contribution in [2.45, 2.75) is 6.42 Å². The SMILES string of the molecule is CN(C)c1nnc2n(-c3ccc(CC(=O)O)cc3)c(=O)c3cc(Br)ccc3n12. The van der Waals surface area contributed by atoms with Gasteiger partial charge in [-0.05, 0) is 35.9 Å². The van der Waals surface area contributed by atoms with Gasteiger partial charge >= 0.3 is 5.97 Å². The van der Waals surface area contributed by atoms with Crippen molar-refractivity contribution in [3.63, 3.8) is 0 Å². The Balaban J connectivity index is 2.06. The molecule has 0 radical (unpaired) electrons. The van der Waals surface area contributed by atoms with Crippen LogP contribution in [-0.4, -0.2) is 44.3 Å². The Morgan fingerprint density at radius 3 is 2.50 bits per heavy atom. The number of aliphatic carboxylic acids is 1. The van der Waals surface area contributed by atoms with E-state index in [4.69, 9.17) is 5.11 Å². The summed E-state index contributed by atoms with van der Waals surface area (Å²) in [6.07, 6.45) is -0.0784. The van der Waals surface area contributed by atoms with Crippen LogP contribution in [0.2, 0.25) is 0 Å². The molecule has 0 saturated heterocycles. The standard InChI is InChI=1S/C19H16BrN5O3/c1-23(2)18-21-22-19-24(13-6-3-11(4-7-13)9-16(26)27)17(28)14-10-12(20)5-8-15(14)25(18)19/h3-8,10H,9H2,1-2H3,(H,26,27). The number of aromatic nitrogens is 4. The summed E-state index contributed by atoms with van der Waals surface area (Å²) in [6.45, 7) is 0. The van der Waals surface area contributed by atoms with Crippen LogP contribution < -0.4 is 10.5 Å². The minimum atomic E-state index is -0.907. The smallest absolute Gasteiger partial charge is 0.307 e. The lowest BCUT2D eigenvalue weighted by molar-refractivity contribution is -0.136. The number of carboxylic acids is 1. The number of carboxylic acid groups (broad SMARTS) is 1. The molecule has 142 valence electrons. The van der Waals surface area contributed by atoms with Crippen LogP contribution in [0.15, 0.2) is 51.7 Å². The topological polar surface area (TPSA) is 92.7 Å². The number of hydrogen-bond acceptors (Lipinski definition) is 5. The summed E-state index contributed by atoms with van der Waals surface area (Å²) < 4.78 is 4.10. The largest absolute Gasteiger partial charge is 0.481 e. The van der Waals surface area contributed by atoms with Crippen LogP contribution in [0.4, 0.5) is 5.95 Å². The van der Waals surface area contributed by atoms with Crippen molar-refractivity contribution in [2.24, 2.45) is 0 Å². The quantitative estimate of drug-likeness (QED) is 0.522. The molecule has 4 rings (SSSR count). The number of fused-ring (bicyclic) bond motifs is 3. The first kappa shape index (κ1) is 18.2. The summed E-state index contributed by atoms with van der Waals surface area (Å²) in [5.41, 5.74) is 1.71. The Morgan fingerprint density at radius 1 is 1.14 bits per heavy atom. The number of nitrogens with zero attached hydrogens (tertiary/aromatic N) is 5. The van der Waals surface area contributed by atoms with Gasteiger partial charge in [0.05, 0.1) is 23.0 Å². The highest BCUT2D eigenvalue weighted by molar-refractivity contribution is 9.10. The summed E-state index contributed by atoms with van der Waals surface area (Å²) in [4.78, 5) is 26.0. The zero-order valence-electron chi connectivity index (χ0n) is 15.1. The lowest BCUT2D eigenvalue weighted by Crippen LogP contribution is -2.23. The molecule has 0 atom stereocenters. The first-order valence-corrected chi connectivity index (χ1v) is 9.24. The molecule has 0 bridgehead atoms. The van der Waals surface area contributed by atoms with Gasteiger partial charge in [0.15, 0.2) is 0 Å². The summed E-state index contributed by atoms with van der Waals surface area (Å²) in [6, 6.07) is 12.3. The van der Waals surface area contributed by atoms with E-state index >= 15 is 0 Å². The van der Waals surface area contributed by atoms with Gasteiger partial charge in [-0.2, -0.15) is 0 Å². The highest BCUT2D eigenvalue weighted by Crippen LogP contribution is 2.23.